The topological polar surface area (TPSA) is 102 Å². The first-order valence-corrected chi connectivity index (χ1v) is 10.7. The van der Waals surface area contributed by atoms with Crippen molar-refractivity contribution < 1.29 is 22.7 Å². The van der Waals surface area contributed by atoms with Gasteiger partial charge in [0.25, 0.3) is 0 Å². The molecule has 1 saturated carbocycles. The van der Waals surface area contributed by atoms with Crippen molar-refractivity contribution in [3.63, 3.8) is 0 Å². The Balaban J connectivity index is 1.96. The van der Waals surface area contributed by atoms with Gasteiger partial charge in [-0.3, -0.25) is 9.59 Å². The molecule has 0 unspecified atom stereocenters. The molecule has 0 aromatic heterocycles. The Morgan fingerprint density at radius 1 is 1.19 bits per heavy atom. The fourth-order valence-electron chi connectivity index (χ4n) is 2.48. The van der Waals surface area contributed by atoms with Gasteiger partial charge in [-0.2, -0.15) is 4.72 Å². The predicted molar refractivity (Wildman–Crippen MR) is 101 cm³/mol. The van der Waals surface area contributed by atoms with Gasteiger partial charge < -0.3 is 10.1 Å². The predicted octanol–water partition coefficient (Wildman–Crippen LogP) is 1.76. The van der Waals surface area contributed by atoms with Crippen molar-refractivity contribution in [3.05, 3.63) is 29.8 Å². The van der Waals surface area contributed by atoms with Crippen molar-refractivity contribution in [2.24, 2.45) is 11.8 Å². The summed E-state index contributed by atoms with van der Waals surface area (Å²) in [6.45, 7) is 5.76. The van der Waals surface area contributed by atoms with Crippen molar-refractivity contribution in [2.45, 2.75) is 51.0 Å². The van der Waals surface area contributed by atoms with Crippen LogP contribution < -0.4 is 10.0 Å². The number of esters is 1. The van der Waals surface area contributed by atoms with E-state index in [-0.39, 0.29) is 17.4 Å². The standard InChI is InChI=1S/C19H28N2O5S/c1-13(2)10-17(19(23)20-11-18(22)26-12-15-6-7-15)21-27(24,25)16-8-4-14(3)5-9-16/h4-5,8-9,13,15,17,21H,6-7,10-12H2,1-3H3,(H,20,23)/t17-/m1/s1. The highest BCUT2D eigenvalue weighted by Crippen LogP contribution is 2.28. The lowest BCUT2D eigenvalue weighted by Gasteiger charge is -2.20. The van der Waals surface area contributed by atoms with E-state index in [0.717, 1.165) is 18.4 Å². The number of benzene rings is 1. The molecule has 0 saturated heterocycles. The van der Waals surface area contributed by atoms with Gasteiger partial charge >= 0.3 is 5.97 Å². The molecular formula is C19H28N2O5S. The van der Waals surface area contributed by atoms with Gasteiger partial charge in [0, 0.05) is 0 Å². The van der Waals surface area contributed by atoms with Crippen LogP contribution in [-0.4, -0.2) is 39.5 Å². The van der Waals surface area contributed by atoms with Crippen LogP contribution in [0.25, 0.3) is 0 Å². The molecule has 1 fully saturated rings. The minimum absolute atomic E-state index is 0.0864. The first-order chi connectivity index (χ1) is 12.7. The maximum absolute atomic E-state index is 12.6. The second-order valence-electron chi connectivity index (χ2n) is 7.46. The summed E-state index contributed by atoms with van der Waals surface area (Å²) in [4.78, 5) is 24.2. The number of rotatable bonds is 10. The summed E-state index contributed by atoms with van der Waals surface area (Å²) in [5.74, 6) is -0.523. The van der Waals surface area contributed by atoms with Crippen LogP contribution in [0.15, 0.2) is 29.2 Å². The number of sulfonamides is 1. The number of hydrogen-bond acceptors (Lipinski definition) is 5. The monoisotopic (exact) mass is 396 g/mol. The van der Waals surface area contributed by atoms with Gasteiger partial charge in [-0.25, -0.2) is 8.42 Å². The molecule has 1 aliphatic carbocycles. The number of ether oxygens (including phenoxy) is 1. The average molecular weight is 397 g/mol. The molecule has 0 aliphatic heterocycles. The molecule has 1 aliphatic rings. The number of aryl methyl sites for hydroxylation is 1. The van der Waals surface area contributed by atoms with E-state index < -0.39 is 27.9 Å². The third-order valence-corrected chi connectivity index (χ3v) is 5.72. The summed E-state index contributed by atoms with van der Waals surface area (Å²) in [5, 5.41) is 2.47. The van der Waals surface area contributed by atoms with Gasteiger partial charge in [0.2, 0.25) is 15.9 Å². The molecule has 1 aromatic rings. The number of carbonyl (C=O) groups excluding carboxylic acids is 2. The summed E-state index contributed by atoms with van der Waals surface area (Å²) < 4.78 is 32.7. The average Bonchev–Trinajstić information content (AvgIpc) is 3.41. The minimum atomic E-state index is -3.85. The third-order valence-electron chi connectivity index (χ3n) is 4.24. The molecule has 0 bridgehead atoms. The van der Waals surface area contributed by atoms with Crippen LogP contribution in [0.4, 0.5) is 0 Å². The Morgan fingerprint density at radius 3 is 2.37 bits per heavy atom. The van der Waals surface area contributed by atoms with Crippen LogP contribution in [0.2, 0.25) is 0 Å². The quantitative estimate of drug-likeness (QED) is 0.587. The normalized spacial score (nSPS) is 15.4. The Bertz CT molecular complexity index is 755. The molecule has 2 rings (SSSR count). The smallest absolute Gasteiger partial charge is 0.325 e. The van der Waals surface area contributed by atoms with Gasteiger partial charge in [0.05, 0.1) is 11.5 Å². The Hall–Kier alpha value is -1.93. The molecule has 0 heterocycles. The van der Waals surface area contributed by atoms with Crippen LogP contribution in [-0.2, 0) is 24.3 Å². The van der Waals surface area contributed by atoms with Gasteiger partial charge in [0.1, 0.15) is 12.6 Å². The molecule has 0 radical (unpaired) electrons. The molecule has 27 heavy (non-hydrogen) atoms. The first kappa shape index (κ1) is 21.4. The number of hydrogen-bond donors (Lipinski definition) is 2. The Kier molecular flexibility index (Phi) is 7.38. The summed E-state index contributed by atoms with van der Waals surface area (Å²) in [6, 6.07) is 5.42. The Labute approximate surface area is 160 Å². The number of amides is 1. The van der Waals surface area contributed by atoms with Crippen molar-refractivity contribution in [1.82, 2.24) is 10.0 Å². The lowest BCUT2D eigenvalue weighted by Crippen LogP contribution is -2.48. The Morgan fingerprint density at radius 2 is 1.81 bits per heavy atom. The van der Waals surface area contributed by atoms with E-state index in [1.54, 1.807) is 12.1 Å². The molecule has 1 amide bonds. The molecule has 2 N–H and O–H groups in total. The maximum atomic E-state index is 12.6. The molecule has 1 atom stereocenters. The van der Waals surface area contributed by atoms with E-state index in [4.69, 9.17) is 4.74 Å². The maximum Gasteiger partial charge on any atom is 0.325 e. The van der Waals surface area contributed by atoms with Gasteiger partial charge in [-0.05, 0) is 50.2 Å². The number of carbonyl (C=O) groups is 2. The second kappa shape index (κ2) is 9.32. The van der Waals surface area contributed by atoms with Gasteiger partial charge in [-0.1, -0.05) is 31.5 Å². The summed E-state index contributed by atoms with van der Waals surface area (Å²) in [6.07, 6.45) is 2.45. The molecule has 150 valence electrons. The second-order valence-corrected chi connectivity index (χ2v) is 9.17. The summed E-state index contributed by atoms with van der Waals surface area (Å²) in [7, 11) is -3.85. The van der Waals surface area contributed by atoms with E-state index in [0.29, 0.717) is 18.9 Å². The van der Waals surface area contributed by atoms with Crippen molar-refractivity contribution >= 4 is 21.9 Å². The van der Waals surface area contributed by atoms with E-state index in [1.807, 2.05) is 20.8 Å². The highest BCUT2D eigenvalue weighted by Gasteiger charge is 2.27. The van der Waals surface area contributed by atoms with Crippen LogP contribution >= 0.6 is 0 Å². The van der Waals surface area contributed by atoms with Crippen LogP contribution in [0.3, 0.4) is 0 Å². The van der Waals surface area contributed by atoms with Gasteiger partial charge in [-0.15, -0.1) is 0 Å². The van der Waals surface area contributed by atoms with Crippen molar-refractivity contribution in [2.75, 3.05) is 13.2 Å². The third kappa shape index (κ3) is 7.30. The van der Waals surface area contributed by atoms with Crippen LogP contribution in [0.1, 0.15) is 38.7 Å². The molecule has 7 nitrogen and oxygen atoms in total. The minimum Gasteiger partial charge on any atom is -0.464 e. The van der Waals surface area contributed by atoms with Crippen molar-refractivity contribution in [1.29, 1.82) is 0 Å². The van der Waals surface area contributed by atoms with E-state index in [2.05, 4.69) is 10.0 Å². The number of nitrogens with one attached hydrogen (secondary N) is 2. The fourth-order valence-corrected chi connectivity index (χ4v) is 3.69. The fraction of sp³-hybridized carbons (Fsp3) is 0.579. The lowest BCUT2D eigenvalue weighted by molar-refractivity contribution is -0.144. The van der Waals surface area contributed by atoms with Crippen LogP contribution in [0.5, 0.6) is 0 Å². The van der Waals surface area contributed by atoms with Gasteiger partial charge in [0.15, 0.2) is 0 Å². The first-order valence-electron chi connectivity index (χ1n) is 9.19. The highest BCUT2D eigenvalue weighted by atomic mass is 32.2. The molecule has 8 heteroatoms. The van der Waals surface area contributed by atoms with E-state index in [9.17, 15) is 18.0 Å². The zero-order chi connectivity index (χ0) is 20.0. The van der Waals surface area contributed by atoms with E-state index >= 15 is 0 Å². The largest absolute Gasteiger partial charge is 0.464 e. The summed E-state index contributed by atoms with van der Waals surface area (Å²) in [5.41, 5.74) is 0.940. The highest BCUT2D eigenvalue weighted by molar-refractivity contribution is 7.89. The van der Waals surface area contributed by atoms with Crippen LogP contribution in [0, 0.1) is 18.8 Å². The zero-order valence-corrected chi connectivity index (χ0v) is 16.8. The zero-order valence-electron chi connectivity index (χ0n) is 16.0. The van der Waals surface area contributed by atoms with E-state index in [1.165, 1.54) is 12.1 Å². The molecule has 1 aromatic carbocycles. The molecular weight excluding hydrogens is 368 g/mol. The van der Waals surface area contributed by atoms with Crippen molar-refractivity contribution in [3.8, 4) is 0 Å². The molecule has 0 spiro atoms. The SMILES string of the molecule is Cc1ccc(S(=O)(=O)N[C@H](CC(C)C)C(=O)NCC(=O)OCC2CC2)cc1. The lowest BCUT2D eigenvalue weighted by atomic mass is 10.0. The summed E-state index contributed by atoms with van der Waals surface area (Å²) >= 11 is 0.